The number of hydrogen-bond acceptors (Lipinski definition) is 6. The number of H-pyrrole nitrogens is 1. The number of nitrogens with one attached hydrogen (secondary N) is 1. The molecule has 0 saturated carbocycles. The summed E-state index contributed by atoms with van der Waals surface area (Å²) in [7, 11) is 0. The second kappa shape index (κ2) is 6.09. The first-order valence-electron chi connectivity index (χ1n) is 6.65. The monoisotopic (exact) mass is 344 g/mol. The number of aromatic amines is 1. The number of hydrogen-bond donors (Lipinski definition) is 2. The van der Waals surface area contributed by atoms with Gasteiger partial charge in [0.05, 0.1) is 10.4 Å². The Morgan fingerprint density at radius 1 is 1.33 bits per heavy atom. The molecule has 0 saturated heterocycles. The van der Waals surface area contributed by atoms with Crippen LogP contribution in [0.2, 0.25) is 5.02 Å². The Morgan fingerprint density at radius 2 is 2.04 bits per heavy atom. The molecule has 8 nitrogen and oxygen atoms in total. The fourth-order valence-corrected chi connectivity index (χ4v) is 2.34. The third-order valence-corrected chi connectivity index (χ3v) is 3.44. The van der Waals surface area contributed by atoms with Crippen molar-refractivity contribution in [3.05, 3.63) is 73.4 Å². The largest absolute Gasteiger partial charge is 0.507 e. The number of nitro groups is 1. The Bertz CT molecular complexity index is 1030. The average molecular weight is 345 g/mol. The second-order valence-electron chi connectivity index (χ2n) is 4.79. The summed E-state index contributed by atoms with van der Waals surface area (Å²) in [4.78, 5) is 32.8. The summed E-state index contributed by atoms with van der Waals surface area (Å²) in [6.07, 6.45) is 4.14. The molecule has 120 valence electrons. The maximum absolute atomic E-state index is 12.1. The lowest BCUT2D eigenvalue weighted by atomic mass is 10.2. The topological polar surface area (TPSA) is 122 Å². The molecule has 2 N–H and O–H groups in total. The maximum atomic E-state index is 12.1. The van der Waals surface area contributed by atoms with Crippen molar-refractivity contribution < 1.29 is 10.0 Å². The number of fused-ring (bicyclic) bond motifs is 1. The Labute approximate surface area is 139 Å². The highest BCUT2D eigenvalue weighted by Gasteiger charge is 2.17. The summed E-state index contributed by atoms with van der Waals surface area (Å²) < 4.78 is 0. The van der Waals surface area contributed by atoms with E-state index in [1.807, 2.05) is 0 Å². The van der Waals surface area contributed by atoms with Gasteiger partial charge in [-0.3, -0.25) is 19.9 Å². The highest BCUT2D eigenvalue weighted by Crippen LogP contribution is 2.26. The fraction of sp³-hybridized carbons (Fsp3) is 0. The molecule has 0 fully saturated rings. The summed E-state index contributed by atoms with van der Waals surface area (Å²) in [5.74, 6) is -0.189. The Morgan fingerprint density at radius 3 is 2.71 bits per heavy atom. The van der Waals surface area contributed by atoms with E-state index in [9.17, 15) is 20.0 Å². The SMILES string of the molecule is O=c1[nH]c2c([N+](=O)[O-])cc(Cl)cc2nc1/C=C(\O)c1ccncc1. The van der Waals surface area contributed by atoms with E-state index in [1.54, 1.807) is 12.1 Å². The number of nitro benzene ring substituents is 1. The molecule has 1 aromatic carbocycles. The first-order chi connectivity index (χ1) is 11.5. The quantitative estimate of drug-likeness (QED) is 0.428. The number of rotatable bonds is 3. The van der Waals surface area contributed by atoms with Crippen LogP contribution in [0.3, 0.4) is 0 Å². The summed E-state index contributed by atoms with van der Waals surface area (Å²) in [6.45, 7) is 0. The zero-order valence-corrected chi connectivity index (χ0v) is 12.7. The summed E-state index contributed by atoms with van der Waals surface area (Å²) in [6, 6.07) is 5.64. The van der Waals surface area contributed by atoms with Gasteiger partial charge in [0.25, 0.3) is 11.2 Å². The third kappa shape index (κ3) is 2.95. The minimum Gasteiger partial charge on any atom is -0.507 e. The lowest BCUT2D eigenvalue weighted by molar-refractivity contribution is -0.383. The first-order valence-corrected chi connectivity index (χ1v) is 7.02. The molecule has 3 aromatic rings. The van der Waals surface area contributed by atoms with Gasteiger partial charge in [0, 0.05) is 35.1 Å². The normalized spacial score (nSPS) is 11.6. The molecular formula is C15H9ClN4O4. The summed E-state index contributed by atoms with van der Waals surface area (Å²) >= 11 is 5.85. The van der Waals surface area contributed by atoms with E-state index in [0.717, 1.165) is 6.07 Å². The lowest BCUT2D eigenvalue weighted by Gasteiger charge is -2.03. The molecular weight excluding hydrogens is 336 g/mol. The molecule has 0 aliphatic carbocycles. The van der Waals surface area contributed by atoms with Crippen molar-refractivity contribution in [2.45, 2.75) is 0 Å². The van der Waals surface area contributed by atoms with Gasteiger partial charge >= 0.3 is 0 Å². The van der Waals surface area contributed by atoms with Crippen molar-refractivity contribution in [2.24, 2.45) is 0 Å². The van der Waals surface area contributed by atoms with Crippen LogP contribution in [0, 0.1) is 10.1 Å². The number of aliphatic hydroxyl groups excluding tert-OH is 1. The van der Waals surface area contributed by atoms with Gasteiger partial charge in [0.2, 0.25) is 0 Å². The van der Waals surface area contributed by atoms with Crippen molar-refractivity contribution in [1.82, 2.24) is 15.0 Å². The van der Waals surface area contributed by atoms with Crippen LogP contribution in [0.25, 0.3) is 22.9 Å². The van der Waals surface area contributed by atoms with Crippen LogP contribution < -0.4 is 5.56 Å². The van der Waals surface area contributed by atoms with Crippen LogP contribution in [0.1, 0.15) is 11.3 Å². The van der Waals surface area contributed by atoms with E-state index < -0.39 is 10.5 Å². The van der Waals surface area contributed by atoms with Crippen LogP contribution in [0.15, 0.2) is 41.5 Å². The van der Waals surface area contributed by atoms with Crippen LogP contribution >= 0.6 is 11.6 Å². The smallest absolute Gasteiger partial charge is 0.296 e. The molecule has 0 bridgehead atoms. The van der Waals surface area contributed by atoms with E-state index in [2.05, 4.69) is 15.0 Å². The van der Waals surface area contributed by atoms with Crippen LogP contribution in [-0.4, -0.2) is 25.0 Å². The van der Waals surface area contributed by atoms with E-state index in [0.29, 0.717) is 5.56 Å². The van der Waals surface area contributed by atoms with Crippen molar-refractivity contribution in [2.75, 3.05) is 0 Å². The predicted octanol–water partition coefficient (Wildman–Crippen LogP) is 2.94. The minimum absolute atomic E-state index is 0.0325. The molecule has 0 amide bonds. The fourth-order valence-electron chi connectivity index (χ4n) is 2.13. The molecule has 0 radical (unpaired) electrons. The number of aliphatic hydroxyl groups is 1. The molecule has 9 heteroatoms. The van der Waals surface area contributed by atoms with E-state index in [-0.39, 0.29) is 33.2 Å². The Balaban J connectivity index is 2.19. The summed E-state index contributed by atoms with van der Waals surface area (Å²) in [5.41, 5.74) is -0.571. The molecule has 0 aliphatic heterocycles. The number of halogens is 1. The zero-order valence-electron chi connectivity index (χ0n) is 11.9. The number of benzene rings is 1. The van der Waals surface area contributed by atoms with Gasteiger partial charge < -0.3 is 10.1 Å². The van der Waals surface area contributed by atoms with Gasteiger partial charge in [-0.05, 0) is 18.2 Å². The van der Waals surface area contributed by atoms with Crippen molar-refractivity contribution in [1.29, 1.82) is 0 Å². The van der Waals surface area contributed by atoms with Gasteiger partial charge in [0.1, 0.15) is 17.0 Å². The standard InChI is InChI=1S/C15H9ClN4O4/c16-9-5-10-14(12(6-9)20(23)24)19-15(22)11(18-10)7-13(21)8-1-3-17-4-2-8/h1-7,21H,(H,19,22)/b13-7-. The highest BCUT2D eigenvalue weighted by molar-refractivity contribution is 6.31. The van der Waals surface area contributed by atoms with Gasteiger partial charge in [-0.15, -0.1) is 0 Å². The van der Waals surface area contributed by atoms with Gasteiger partial charge in [0.15, 0.2) is 0 Å². The number of aromatic nitrogens is 3. The molecule has 0 aliphatic rings. The number of pyridine rings is 1. The second-order valence-corrected chi connectivity index (χ2v) is 5.23. The van der Waals surface area contributed by atoms with Crippen molar-refractivity contribution in [3.63, 3.8) is 0 Å². The third-order valence-electron chi connectivity index (χ3n) is 3.22. The zero-order chi connectivity index (χ0) is 17.3. The van der Waals surface area contributed by atoms with Crippen LogP contribution in [0.4, 0.5) is 5.69 Å². The van der Waals surface area contributed by atoms with Crippen LogP contribution in [-0.2, 0) is 0 Å². The lowest BCUT2D eigenvalue weighted by Crippen LogP contribution is -2.13. The molecule has 2 aromatic heterocycles. The molecule has 3 rings (SSSR count). The Kier molecular flexibility index (Phi) is 3.97. The molecule has 0 unspecified atom stereocenters. The Hall–Kier alpha value is -3.26. The highest BCUT2D eigenvalue weighted by atomic mass is 35.5. The first kappa shape index (κ1) is 15.6. The van der Waals surface area contributed by atoms with Crippen LogP contribution in [0.5, 0.6) is 0 Å². The predicted molar refractivity (Wildman–Crippen MR) is 88.8 cm³/mol. The molecule has 0 atom stereocenters. The summed E-state index contributed by atoms with van der Waals surface area (Å²) in [5, 5.41) is 21.3. The average Bonchev–Trinajstić information content (AvgIpc) is 2.56. The number of nitrogens with zero attached hydrogens (tertiary/aromatic N) is 3. The van der Waals surface area contributed by atoms with Gasteiger partial charge in [-0.2, -0.15) is 0 Å². The van der Waals surface area contributed by atoms with E-state index in [4.69, 9.17) is 11.6 Å². The molecule has 0 spiro atoms. The van der Waals surface area contributed by atoms with Crippen molar-refractivity contribution >= 4 is 40.2 Å². The minimum atomic E-state index is -0.673. The number of non-ortho nitro benzene ring substituents is 1. The van der Waals surface area contributed by atoms with Crippen molar-refractivity contribution in [3.8, 4) is 0 Å². The van der Waals surface area contributed by atoms with E-state index >= 15 is 0 Å². The van der Waals surface area contributed by atoms with Gasteiger partial charge in [-0.25, -0.2) is 4.98 Å². The van der Waals surface area contributed by atoms with E-state index in [1.165, 1.54) is 24.5 Å². The maximum Gasteiger partial charge on any atom is 0.296 e. The molecule has 24 heavy (non-hydrogen) atoms. The molecule has 2 heterocycles. The van der Waals surface area contributed by atoms with Gasteiger partial charge in [-0.1, -0.05) is 11.6 Å².